The fourth-order valence-electron chi connectivity index (χ4n) is 4.78. The number of benzene rings is 3. The lowest BCUT2D eigenvalue weighted by molar-refractivity contribution is -0.123. The van der Waals surface area contributed by atoms with Gasteiger partial charge in [-0.25, -0.2) is 9.18 Å². The molecule has 0 unspecified atom stereocenters. The molecular formula is C27H26FN3O3S. The minimum atomic E-state index is -1.21. The number of urea groups is 1. The molecule has 0 bridgehead atoms. The average Bonchev–Trinajstić information content (AvgIpc) is 3.27. The van der Waals surface area contributed by atoms with Gasteiger partial charge in [-0.15, -0.1) is 11.8 Å². The molecule has 3 aromatic rings. The number of para-hydroxylation sites is 1. The molecule has 6 nitrogen and oxygen atoms in total. The van der Waals surface area contributed by atoms with Crippen LogP contribution in [-0.2, 0) is 16.2 Å². The van der Waals surface area contributed by atoms with Crippen LogP contribution in [0.15, 0.2) is 72.8 Å². The van der Waals surface area contributed by atoms with Crippen LogP contribution in [0.3, 0.4) is 0 Å². The molecule has 2 heterocycles. The van der Waals surface area contributed by atoms with Crippen LogP contribution < -0.4 is 15.0 Å². The lowest BCUT2D eigenvalue weighted by atomic mass is 10.1. The van der Waals surface area contributed by atoms with Gasteiger partial charge in [-0.1, -0.05) is 36.4 Å². The first-order chi connectivity index (χ1) is 16.7. The van der Waals surface area contributed by atoms with Crippen LogP contribution in [0.2, 0.25) is 0 Å². The van der Waals surface area contributed by atoms with Crippen molar-refractivity contribution >= 4 is 35.1 Å². The smallest absolute Gasteiger partial charge is 0.323 e. The molecule has 180 valence electrons. The number of nitrogens with one attached hydrogen (secondary N) is 1. The predicted octanol–water partition coefficient (Wildman–Crippen LogP) is 5.59. The highest BCUT2D eigenvalue weighted by atomic mass is 32.2. The first-order valence-electron chi connectivity index (χ1n) is 11.3. The van der Waals surface area contributed by atoms with E-state index in [1.165, 1.54) is 23.9 Å². The summed E-state index contributed by atoms with van der Waals surface area (Å²) in [4.78, 5) is 30.0. The number of rotatable bonds is 4. The maximum Gasteiger partial charge on any atom is 0.323 e. The molecule has 2 aliphatic rings. The van der Waals surface area contributed by atoms with Gasteiger partial charge in [-0.05, 0) is 49.7 Å². The van der Waals surface area contributed by atoms with Crippen LogP contribution >= 0.6 is 11.8 Å². The molecular weight excluding hydrogens is 465 g/mol. The summed E-state index contributed by atoms with van der Waals surface area (Å²) >= 11 is 1.49. The van der Waals surface area contributed by atoms with Crippen molar-refractivity contribution in [2.24, 2.45) is 0 Å². The molecule has 3 amide bonds. The second-order valence-electron chi connectivity index (χ2n) is 9.29. The van der Waals surface area contributed by atoms with Gasteiger partial charge in [0.25, 0.3) is 5.91 Å². The molecule has 1 N–H and O–H groups in total. The second-order valence-corrected chi connectivity index (χ2v) is 11.2. The van der Waals surface area contributed by atoms with Gasteiger partial charge in [-0.2, -0.15) is 0 Å². The summed E-state index contributed by atoms with van der Waals surface area (Å²) in [5, 5.41) is 2.95. The summed E-state index contributed by atoms with van der Waals surface area (Å²) < 4.78 is 18.4. The van der Waals surface area contributed by atoms with Gasteiger partial charge in [0, 0.05) is 28.6 Å². The lowest BCUT2D eigenvalue weighted by Gasteiger charge is -2.33. The zero-order valence-electron chi connectivity index (χ0n) is 19.7. The molecule has 5 rings (SSSR count). The number of methoxy groups -OCH3 is 1. The number of fused-ring (bicyclic) bond motifs is 2. The molecule has 3 aromatic carbocycles. The number of amides is 3. The highest BCUT2D eigenvalue weighted by Gasteiger charge is 2.63. The van der Waals surface area contributed by atoms with Gasteiger partial charge >= 0.3 is 6.03 Å². The monoisotopic (exact) mass is 491 g/mol. The summed E-state index contributed by atoms with van der Waals surface area (Å²) in [5.41, 5.74) is 2.93. The molecule has 0 saturated carbocycles. The standard InChI is InChI=1S/C27H26FN3O3S/c1-26(2)17-31(25(33)29-20-7-6-8-21(15-20)34-3)27(35-26)22-9-4-5-10-23(22)30(24(27)32)16-18-11-13-19(28)14-12-18/h4-15H,16-17H2,1-3H3,(H,29,33)/t27-/m1/s1. The number of carbonyl (C=O) groups excluding carboxylic acids is 2. The highest BCUT2D eigenvalue weighted by Crippen LogP contribution is 2.59. The van der Waals surface area contributed by atoms with Crippen LogP contribution in [0.1, 0.15) is 25.0 Å². The second kappa shape index (κ2) is 8.61. The van der Waals surface area contributed by atoms with Crippen molar-refractivity contribution < 1.29 is 18.7 Å². The van der Waals surface area contributed by atoms with Crippen LogP contribution in [0.5, 0.6) is 5.75 Å². The molecule has 1 fully saturated rings. The normalized spacial score (nSPS) is 20.3. The van der Waals surface area contributed by atoms with Crippen molar-refractivity contribution in [3.63, 3.8) is 0 Å². The van der Waals surface area contributed by atoms with Crippen molar-refractivity contribution in [1.82, 2.24) is 4.90 Å². The Labute approximate surface area is 208 Å². The molecule has 0 aliphatic carbocycles. The SMILES string of the molecule is COc1cccc(NC(=O)N2CC(C)(C)S[C@]23C(=O)N(Cc2ccc(F)cc2)c2ccccc23)c1. The van der Waals surface area contributed by atoms with Gasteiger partial charge in [0.2, 0.25) is 0 Å². The Kier molecular flexibility index (Phi) is 5.71. The van der Waals surface area contributed by atoms with E-state index >= 15 is 0 Å². The molecule has 1 atom stereocenters. The number of hydrogen-bond acceptors (Lipinski definition) is 4. The van der Waals surface area contributed by atoms with E-state index in [-0.39, 0.29) is 29.0 Å². The Balaban J connectivity index is 1.54. The molecule has 0 radical (unpaired) electrons. The van der Waals surface area contributed by atoms with E-state index < -0.39 is 4.87 Å². The zero-order valence-corrected chi connectivity index (χ0v) is 20.6. The molecule has 35 heavy (non-hydrogen) atoms. The largest absolute Gasteiger partial charge is 0.497 e. The fraction of sp³-hybridized carbons (Fsp3) is 0.259. The summed E-state index contributed by atoms with van der Waals surface area (Å²) in [6.45, 7) is 4.75. The van der Waals surface area contributed by atoms with Gasteiger partial charge in [0.05, 0.1) is 19.3 Å². The first kappa shape index (κ1) is 23.2. The number of thioether (sulfide) groups is 1. The molecule has 2 aliphatic heterocycles. The van der Waals surface area contributed by atoms with Gasteiger partial charge in [-0.3, -0.25) is 9.69 Å². The lowest BCUT2D eigenvalue weighted by Crippen LogP contribution is -2.51. The molecule has 1 saturated heterocycles. The maximum atomic E-state index is 14.2. The fourth-order valence-corrected chi connectivity index (χ4v) is 6.51. The topological polar surface area (TPSA) is 61.9 Å². The van der Waals surface area contributed by atoms with Crippen LogP contribution in [0.4, 0.5) is 20.6 Å². The van der Waals surface area contributed by atoms with Crippen LogP contribution in [0.25, 0.3) is 0 Å². The minimum Gasteiger partial charge on any atom is -0.497 e. The van der Waals surface area contributed by atoms with Gasteiger partial charge < -0.3 is 15.0 Å². The maximum absolute atomic E-state index is 14.2. The number of ether oxygens (including phenoxy) is 1. The average molecular weight is 492 g/mol. The van der Waals surface area contributed by atoms with Crippen molar-refractivity contribution in [2.75, 3.05) is 23.9 Å². The van der Waals surface area contributed by atoms with E-state index in [1.54, 1.807) is 53.3 Å². The summed E-state index contributed by atoms with van der Waals surface area (Å²) in [6.07, 6.45) is 0. The number of anilines is 2. The Morgan fingerprint density at radius 1 is 1.09 bits per heavy atom. The van der Waals surface area contributed by atoms with Gasteiger partial charge in [0.1, 0.15) is 11.6 Å². The highest BCUT2D eigenvalue weighted by molar-refractivity contribution is 8.02. The Hall–Kier alpha value is -3.52. The van der Waals surface area contributed by atoms with E-state index in [0.29, 0.717) is 18.0 Å². The third kappa shape index (κ3) is 4.01. The van der Waals surface area contributed by atoms with Crippen molar-refractivity contribution in [3.05, 3.63) is 89.7 Å². The molecule has 0 aromatic heterocycles. The summed E-state index contributed by atoms with van der Waals surface area (Å²) in [5.74, 6) is 0.118. The van der Waals surface area contributed by atoms with Crippen molar-refractivity contribution in [2.45, 2.75) is 30.0 Å². The Morgan fingerprint density at radius 3 is 2.57 bits per heavy atom. The number of hydrogen-bond donors (Lipinski definition) is 1. The van der Waals surface area contributed by atoms with Crippen LogP contribution in [0, 0.1) is 5.82 Å². The van der Waals surface area contributed by atoms with Crippen LogP contribution in [-0.4, -0.2) is 35.2 Å². The summed E-state index contributed by atoms with van der Waals surface area (Å²) in [7, 11) is 1.57. The van der Waals surface area contributed by atoms with E-state index in [9.17, 15) is 14.0 Å². The van der Waals surface area contributed by atoms with E-state index in [0.717, 1.165) is 16.8 Å². The zero-order chi connectivity index (χ0) is 24.8. The van der Waals surface area contributed by atoms with Crippen molar-refractivity contribution in [1.29, 1.82) is 0 Å². The first-order valence-corrected chi connectivity index (χ1v) is 12.1. The Morgan fingerprint density at radius 2 is 1.83 bits per heavy atom. The minimum absolute atomic E-state index is 0.181. The third-order valence-corrected chi connectivity index (χ3v) is 7.85. The number of carbonyl (C=O) groups is 2. The van der Waals surface area contributed by atoms with E-state index in [2.05, 4.69) is 5.32 Å². The molecule has 1 spiro atoms. The van der Waals surface area contributed by atoms with Gasteiger partial charge in [0.15, 0.2) is 4.87 Å². The summed E-state index contributed by atoms with van der Waals surface area (Å²) in [6, 6.07) is 20.5. The molecule has 8 heteroatoms. The Bertz CT molecular complexity index is 1300. The third-order valence-electron chi connectivity index (χ3n) is 6.26. The quantitative estimate of drug-likeness (QED) is 0.517. The van der Waals surface area contributed by atoms with E-state index in [4.69, 9.17) is 4.74 Å². The predicted molar refractivity (Wildman–Crippen MR) is 136 cm³/mol. The number of halogens is 1. The van der Waals surface area contributed by atoms with E-state index in [1.807, 2.05) is 38.1 Å². The van der Waals surface area contributed by atoms with Crippen molar-refractivity contribution in [3.8, 4) is 5.75 Å². The number of nitrogens with zero attached hydrogens (tertiary/aromatic N) is 2.